The van der Waals surface area contributed by atoms with Gasteiger partial charge in [0.15, 0.2) is 0 Å². The van der Waals surface area contributed by atoms with E-state index in [0.29, 0.717) is 6.54 Å². The molecule has 1 atom stereocenters. The van der Waals surface area contributed by atoms with Crippen molar-refractivity contribution in [1.29, 1.82) is 0 Å². The van der Waals surface area contributed by atoms with Crippen LogP contribution in [0.25, 0.3) is 0 Å². The molecule has 3 N–H and O–H groups in total. The largest absolute Gasteiger partial charge is 0.385 e. The Morgan fingerprint density at radius 2 is 2.25 bits per heavy atom. The first-order valence-electron chi connectivity index (χ1n) is 4.20. The molecule has 1 amide bonds. The molecule has 4 heteroatoms. The average Bonchev–Trinajstić information content (AvgIpc) is 2.03. The first-order valence-corrected chi connectivity index (χ1v) is 4.20. The predicted molar refractivity (Wildman–Crippen MR) is 47.8 cm³/mol. The fourth-order valence-corrected chi connectivity index (χ4v) is 0.744. The maximum absolute atomic E-state index is 10.9. The molecule has 72 valence electrons. The molecule has 0 aromatic carbocycles. The topological polar surface area (TPSA) is 64.3 Å². The molecule has 4 nitrogen and oxygen atoms in total. The molecule has 0 heterocycles. The summed E-state index contributed by atoms with van der Waals surface area (Å²) in [5, 5.41) is 2.72. The monoisotopic (exact) mass is 174 g/mol. The fourth-order valence-electron chi connectivity index (χ4n) is 0.744. The Morgan fingerprint density at radius 1 is 1.58 bits per heavy atom. The number of hydrogen-bond acceptors (Lipinski definition) is 3. The van der Waals surface area contributed by atoms with Gasteiger partial charge in [-0.15, -0.1) is 0 Å². The highest BCUT2D eigenvalue weighted by Crippen LogP contribution is 1.87. The Balaban J connectivity index is 3.14. The molecular weight excluding hydrogens is 156 g/mol. The van der Waals surface area contributed by atoms with E-state index in [2.05, 4.69) is 5.32 Å². The van der Waals surface area contributed by atoms with Gasteiger partial charge in [0.25, 0.3) is 0 Å². The van der Waals surface area contributed by atoms with Gasteiger partial charge in [0.05, 0.1) is 6.04 Å². The second-order valence-electron chi connectivity index (χ2n) is 2.78. The predicted octanol–water partition coefficient (Wildman–Crippen LogP) is -0.124. The lowest BCUT2D eigenvalue weighted by Gasteiger charge is -2.06. The van der Waals surface area contributed by atoms with E-state index in [1.807, 2.05) is 0 Å². The van der Waals surface area contributed by atoms with Gasteiger partial charge in [0, 0.05) is 20.3 Å². The van der Waals surface area contributed by atoms with Crippen molar-refractivity contribution in [2.24, 2.45) is 5.73 Å². The lowest BCUT2D eigenvalue weighted by molar-refractivity contribution is -0.121. The Bertz CT molecular complexity index is 126. The quantitative estimate of drug-likeness (QED) is 0.552. The molecule has 0 aromatic rings. The van der Waals surface area contributed by atoms with E-state index in [0.717, 1.165) is 19.4 Å². The molecule has 0 bridgehead atoms. The number of carbonyl (C=O) groups is 1. The number of nitrogens with two attached hydrogens (primary N) is 1. The normalized spacial score (nSPS) is 12.6. The summed E-state index contributed by atoms with van der Waals surface area (Å²) in [6, 6.07) is -0.410. The minimum absolute atomic E-state index is 0.0904. The van der Waals surface area contributed by atoms with Crippen LogP contribution in [0.15, 0.2) is 0 Å². The summed E-state index contributed by atoms with van der Waals surface area (Å²) in [6.45, 7) is 3.10. The van der Waals surface area contributed by atoms with Gasteiger partial charge in [-0.3, -0.25) is 4.79 Å². The van der Waals surface area contributed by atoms with E-state index in [4.69, 9.17) is 10.5 Å². The van der Waals surface area contributed by atoms with Crippen LogP contribution in [0, 0.1) is 0 Å². The third kappa shape index (κ3) is 6.12. The molecule has 0 aliphatic rings. The number of ether oxygens (including phenoxy) is 1. The Morgan fingerprint density at radius 3 is 2.75 bits per heavy atom. The van der Waals surface area contributed by atoms with Crippen molar-refractivity contribution in [2.45, 2.75) is 25.8 Å². The number of unbranched alkanes of at least 4 members (excludes halogenated alkanes) is 1. The molecule has 0 fully saturated rings. The van der Waals surface area contributed by atoms with Gasteiger partial charge in [0.2, 0.25) is 5.91 Å². The minimum Gasteiger partial charge on any atom is -0.385 e. The molecule has 0 unspecified atom stereocenters. The lowest BCUT2D eigenvalue weighted by atomic mass is 10.3. The number of rotatable bonds is 6. The molecule has 0 aliphatic heterocycles. The summed E-state index contributed by atoms with van der Waals surface area (Å²) in [5.41, 5.74) is 5.34. The van der Waals surface area contributed by atoms with Crippen LogP contribution in [-0.4, -0.2) is 32.2 Å². The van der Waals surface area contributed by atoms with Crippen molar-refractivity contribution in [3.05, 3.63) is 0 Å². The van der Waals surface area contributed by atoms with E-state index >= 15 is 0 Å². The highest BCUT2D eigenvalue weighted by molar-refractivity contribution is 5.80. The zero-order valence-corrected chi connectivity index (χ0v) is 7.80. The molecular formula is C8H18N2O2. The Kier molecular flexibility index (Phi) is 6.70. The molecule has 0 radical (unpaired) electrons. The highest BCUT2D eigenvalue weighted by Gasteiger charge is 2.04. The standard InChI is InChI=1S/C8H18N2O2/c1-7(9)8(11)10-5-3-4-6-12-2/h7H,3-6,9H2,1-2H3,(H,10,11)/t7-/m1/s1. The van der Waals surface area contributed by atoms with Crippen LogP contribution in [0.3, 0.4) is 0 Å². The summed E-state index contributed by atoms with van der Waals surface area (Å²) in [5.74, 6) is -0.0904. The van der Waals surface area contributed by atoms with E-state index in [-0.39, 0.29) is 5.91 Å². The van der Waals surface area contributed by atoms with Crippen molar-refractivity contribution in [2.75, 3.05) is 20.3 Å². The molecule has 0 saturated heterocycles. The molecule has 0 spiro atoms. The molecule has 0 aliphatic carbocycles. The van der Waals surface area contributed by atoms with Gasteiger partial charge in [-0.2, -0.15) is 0 Å². The zero-order valence-electron chi connectivity index (χ0n) is 7.80. The van der Waals surface area contributed by atoms with E-state index in [9.17, 15) is 4.79 Å². The molecule has 0 aromatic heterocycles. The third-order valence-electron chi connectivity index (χ3n) is 1.49. The third-order valence-corrected chi connectivity index (χ3v) is 1.49. The molecule has 0 rings (SSSR count). The summed E-state index contributed by atoms with van der Waals surface area (Å²) < 4.78 is 4.86. The molecule has 0 saturated carbocycles. The fraction of sp³-hybridized carbons (Fsp3) is 0.875. The summed E-state index contributed by atoms with van der Waals surface area (Å²) >= 11 is 0. The van der Waals surface area contributed by atoms with E-state index < -0.39 is 6.04 Å². The van der Waals surface area contributed by atoms with Crippen LogP contribution in [0.2, 0.25) is 0 Å². The summed E-state index contributed by atoms with van der Waals surface area (Å²) in [4.78, 5) is 10.9. The first kappa shape index (κ1) is 11.4. The van der Waals surface area contributed by atoms with Gasteiger partial charge >= 0.3 is 0 Å². The summed E-state index contributed by atoms with van der Waals surface area (Å²) in [7, 11) is 1.67. The second kappa shape index (κ2) is 7.06. The van der Waals surface area contributed by atoms with Crippen molar-refractivity contribution in [3.63, 3.8) is 0 Å². The maximum Gasteiger partial charge on any atom is 0.236 e. The van der Waals surface area contributed by atoms with Gasteiger partial charge in [-0.25, -0.2) is 0 Å². The highest BCUT2D eigenvalue weighted by atomic mass is 16.5. The van der Waals surface area contributed by atoms with Crippen LogP contribution in [0.4, 0.5) is 0 Å². The van der Waals surface area contributed by atoms with Gasteiger partial charge < -0.3 is 15.8 Å². The number of amides is 1. The number of hydrogen-bond donors (Lipinski definition) is 2. The Labute approximate surface area is 73.5 Å². The van der Waals surface area contributed by atoms with Crippen LogP contribution in [0.1, 0.15) is 19.8 Å². The zero-order chi connectivity index (χ0) is 9.40. The van der Waals surface area contributed by atoms with Crippen LogP contribution in [0.5, 0.6) is 0 Å². The number of methoxy groups -OCH3 is 1. The van der Waals surface area contributed by atoms with Crippen molar-refractivity contribution in [3.8, 4) is 0 Å². The summed E-state index contributed by atoms with van der Waals surface area (Å²) in [6.07, 6.45) is 1.90. The smallest absolute Gasteiger partial charge is 0.236 e. The Hall–Kier alpha value is -0.610. The van der Waals surface area contributed by atoms with Crippen LogP contribution >= 0.6 is 0 Å². The average molecular weight is 174 g/mol. The van der Waals surface area contributed by atoms with Gasteiger partial charge in [0.1, 0.15) is 0 Å². The number of nitrogens with one attached hydrogen (secondary N) is 1. The van der Waals surface area contributed by atoms with Gasteiger partial charge in [-0.05, 0) is 19.8 Å². The van der Waals surface area contributed by atoms with E-state index in [1.54, 1.807) is 14.0 Å². The maximum atomic E-state index is 10.9. The molecule has 12 heavy (non-hydrogen) atoms. The first-order chi connectivity index (χ1) is 5.68. The minimum atomic E-state index is -0.410. The van der Waals surface area contributed by atoms with Crippen molar-refractivity contribution < 1.29 is 9.53 Å². The van der Waals surface area contributed by atoms with Crippen LogP contribution < -0.4 is 11.1 Å². The SMILES string of the molecule is COCCCCNC(=O)[C@@H](C)N. The van der Waals surface area contributed by atoms with Gasteiger partial charge in [-0.1, -0.05) is 0 Å². The second-order valence-corrected chi connectivity index (χ2v) is 2.78. The van der Waals surface area contributed by atoms with Crippen molar-refractivity contribution in [1.82, 2.24) is 5.32 Å². The lowest BCUT2D eigenvalue weighted by Crippen LogP contribution is -2.38. The van der Waals surface area contributed by atoms with E-state index in [1.165, 1.54) is 0 Å². The van der Waals surface area contributed by atoms with Crippen LogP contribution in [-0.2, 0) is 9.53 Å². The number of carbonyl (C=O) groups excluding carboxylic acids is 1. The van der Waals surface area contributed by atoms with Crippen molar-refractivity contribution >= 4 is 5.91 Å².